The monoisotopic (exact) mass is 239 g/mol. The molecule has 1 aromatic rings. The molecule has 0 amide bonds. The number of nitrogens with zero attached hydrogens (tertiary/aromatic N) is 3. The molecule has 0 fully saturated rings. The van der Waals surface area contributed by atoms with Gasteiger partial charge in [0.05, 0.1) is 6.10 Å². The fraction of sp³-hybridized carbons (Fsp3) is 0.846. The summed E-state index contributed by atoms with van der Waals surface area (Å²) >= 11 is 0. The van der Waals surface area contributed by atoms with Gasteiger partial charge in [0.2, 0.25) is 0 Å². The molecule has 0 aromatic carbocycles. The Morgan fingerprint density at radius 3 is 2.41 bits per heavy atom. The largest absolute Gasteiger partial charge is 0.392 e. The molecular formula is C13H25N3O. The highest BCUT2D eigenvalue weighted by molar-refractivity contribution is 4.89. The van der Waals surface area contributed by atoms with Crippen molar-refractivity contribution in [1.82, 2.24) is 14.8 Å². The minimum Gasteiger partial charge on any atom is -0.392 e. The van der Waals surface area contributed by atoms with E-state index < -0.39 is 0 Å². The van der Waals surface area contributed by atoms with Crippen molar-refractivity contribution in [3.63, 3.8) is 0 Å². The number of aliphatic hydroxyl groups is 1. The molecule has 4 heteroatoms. The predicted octanol–water partition coefficient (Wildman–Crippen LogP) is 2.13. The van der Waals surface area contributed by atoms with Crippen LogP contribution in [0.3, 0.4) is 0 Å². The van der Waals surface area contributed by atoms with E-state index >= 15 is 0 Å². The van der Waals surface area contributed by atoms with Crippen LogP contribution in [-0.2, 0) is 13.0 Å². The minimum absolute atomic E-state index is 0.277. The van der Waals surface area contributed by atoms with Crippen LogP contribution in [0.5, 0.6) is 0 Å². The first-order valence-electron chi connectivity index (χ1n) is 6.46. The minimum atomic E-state index is -0.342. The summed E-state index contributed by atoms with van der Waals surface area (Å²) in [6.07, 6.45) is 1.82. The first kappa shape index (κ1) is 14.2. The molecule has 98 valence electrons. The lowest BCUT2D eigenvalue weighted by molar-refractivity contribution is 0.0890. The highest BCUT2D eigenvalue weighted by atomic mass is 16.3. The zero-order valence-corrected chi connectivity index (χ0v) is 11.6. The van der Waals surface area contributed by atoms with Crippen LogP contribution < -0.4 is 0 Å². The molecule has 0 radical (unpaired) electrons. The molecule has 4 nitrogen and oxygen atoms in total. The average Bonchev–Trinajstić information content (AvgIpc) is 2.63. The molecule has 0 aliphatic heterocycles. The highest BCUT2D eigenvalue weighted by Gasteiger charge is 2.20. The third-order valence-electron chi connectivity index (χ3n) is 3.28. The smallest absolute Gasteiger partial charge is 0.138 e. The quantitative estimate of drug-likeness (QED) is 0.827. The van der Waals surface area contributed by atoms with E-state index in [-0.39, 0.29) is 12.0 Å². The van der Waals surface area contributed by atoms with Crippen LogP contribution in [0.4, 0.5) is 0 Å². The van der Waals surface area contributed by atoms with Crippen LogP contribution in [0, 0.1) is 17.8 Å². The maximum absolute atomic E-state index is 10.1. The van der Waals surface area contributed by atoms with Crippen LogP contribution in [0.15, 0.2) is 6.33 Å². The van der Waals surface area contributed by atoms with Crippen LogP contribution in [0.1, 0.15) is 40.4 Å². The molecule has 17 heavy (non-hydrogen) atoms. The van der Waals surface area contributed by atoms with Gasteiger partial charge in [-0.15, -0.1) is 0 Å². The number of hydrogen-bond acceptors (Lipinski definition) is 3. The summed E-state index contributed by atoms with van der Waals surface area (Å²) in [5.74, 6) is 2.18. The van der Waals surface area contributed by atoms with E-state index in [0.29, 0.717) is 18.3 Å². The molecule has 2 unspecified atom stereocenters. The van der Waals surface area contributed by atoms with E-state index in [2.05, 4.69) is 44.7 Å². The molecule has 1 rings (SSSR count). The molecule has 0 saturated heterocycles. The van der Waals surface area contributed by atoms with Crippen molar-refractivity contribution in [2.24, 2.45) is 17.8 Å². The van der Waals surface area contributed by atoms with Gasteiger partial charge in [0.15, 0.2) is 0 Å². The van der Waals surface area contributed by atoms with Gasteiger partial charge in [-0.2, -0.15) is 5.10 Å². The van der Waals surface area contributed by atoms with Gasteiger partial charge in [-0.05, 0) is 17.8 Å². The maximum atomic E-state index is 10.1. The number of aliphatic hydroxyl groups excluding tert-OH is 1. The molecular weight excluding hydrogens is 214 g/mol. The Hall–Kier alpha value is -0.900. The van der Waals surface area contributed by atoms with Crippen LogP contribution in [0.2, 0.25) is 0 Å². The second kappa shape index (κ2) is 6.15. The van der Waals surface area contributed by atoms with Crippen molar-refractivity contribution in [2.45, 2.75) is 53.7 Å². The summed E-state index contributed by atoms with van der Waals surface area (Å²) in [4.78, 5) is 4.24. The molecule has 1 heterocycles. The SMILES string of the molecule is CC(C)Cn1ncnc1CC(O)C(C)C(C)C. The van der Waals surface area contributed by atoms with Gasteiger partial charge in [0.1, 0.15) is 12.2 Å². The van der Waals surface area contributed by atoms with E-state index in [4.69, 9.17) is 0 Å². The van der Waals surface area contributed by atoms with Gasteiger partial charge in [-0.25, -0.2) is 9.67 Å². The van der Waals surface area contributed by atoms with E-state index in [0.717, 1.165) is 12.4 Å². The molecule has 0 aliphatic rings. The third-order valence-corrected chi connectivity index (χ3v) is 3.28. The number of hydrogen-bond donors (Lipinski definition) is 1. The Bertz CT molecular complexity index is 333. The Balaban J connectivity index is 2.65. The van der Waals surface area contributed by atoms with E-state index in [1.807, 2.05) is 4.68 Å². The Morgan fingerprint density at radius 2 is 1.88 bits per heavy atom. The molecule has 0 aliphatic carbocycles. The van der Waals surface area contributed by atoms with Gasteiger partial charge in [-0.1, -0.05) is 34.6 Å². The molecule has 1 N–H and O–H groups in total. The van der Waals surface area contributed by atoms with Crippen LogP contribution in [0.25, 0.3) is 0 Å². The summed E-state index contributed by atoms with van der Waals surface area (Å²) in [7, 11) is 0. The van der Waals surface area contributed by atoms with E-state index in [9.17, 15) is 5.11 Å². The van der Waals surface area contributed by atoms with Crippen molar-refractivity contribution >= 4 is 0 Å². The lowest BCUT2D eigenvalue weighted by Gasteiger charge is -2.22. The number of rotatable bonds is 6. The first-order chi connectivity index (χ1) is 7.91. The van der Waals surface area contributed by atoms with Gasteiger partial charge < -0.3 is 5.11 Å². The summed E-state index contributed by atoms with van der Waals surface area (Å²) in [6.45, 7) is 11.5. The predicted molar refractivity (Wildman–Crippen MR) is 68.6 cm³/mol. The molecule has 0 saturated carbocycles. The molecule has 2 atom stereocenters. The highest BCUT2D eigenvalue weighted by Crippen LogP contribution is 2.17. The van der Waals surface area contributed by atoms with Crippen LogP contribution in [-0.4, -0.2) is 26.0 Å². The fourth-order valence-corrected chi connectivity index (χ4v) is 1.76. The van der Waals surface area contributed by atoms with Crippen molar-refractivity contribution in [1.29, 1.82) is 0 Å². The lowest BCUT2D eigenvalue weighted by Crippen LogP contribution is -2.26. The second-order valence-corrected chi connectivity index (χ2v) is 5.63. The lowest BCUT2D eigenvalue weighted by atomic mass is 9.90. The van der Waals surface area contributed by atoms with Gasteiger partial charge in [-0.3, -0.25) is 0 Å². The summed E-state index contributed by atoms with van der Waals surface area (Å²) in [5, 5.41) is 14.3. The molecule has 0 bridgehead atoms. The number of aromatic nitrogens is 3. The molecule has 1 aromatic heterocycles. The van der Waals surface area contributed by atoms with Crippen molar-refractivity contribution in [3.05, 3.63) is 12.2 Å². The third kappa shape index (κ3) is 4.11. The summed E-state index contributed by atoms with van der Waals surface area (Å²) in [5.41, 5.74) is 0. The zero-order chi connectivity index (χ0) is 13.0. The van der Waals surface area contributed by atoms with Gasteiger partial charge >= 0.3 is 0 Å². The van der Waals surface area contributed by atoms with Gasteiger partial charge in [0, 0.05) is 13.0 Å². The van der Waals surface area contributed by atoms with Crippen molar-refractivity contribution in [2.75, 3.05) is 0 Å². The van der Waals surface area contributed by atoms with Crippen molar-refractivity contribution in [3.8, 4) is 0 Å². The second-order valence-electron chi connectivity index (χ2n) is 5.63. The average molecular weight is 239 g/mol. The van der Waals surface area contributed by atoms with Gasteiger partial charge in [0.25, 0.3) is 0 Å². The van der Waals surface area contributed by atoms with E-state index in [1.54, 1.807) is 6.33 Å². The summed E-state index contributed by atoms with van der Waals surface area (Å²) < 4.78 is 1.90. The standard InChI is InChI=1S/C13H25N3O/c1-9(2)7-16-13(14-8-15-16)6-12(17)11(5)10(3)4/h8-12,17H,6-7H2,1-5H3. The zero-order valence-electron chi connectivity index (χ0n) is 11.6. The Labute approximate surface area is 104 Å². The topological polar surface area (TPSA) is 50.9 Å². The van der Waals surface area contributed by atoms with Crippen molar-refractivity contribution < 1.29 is 5.11 Å². The summed E-state index contributed by atoms with van der Waals surface area (Å²) in [6, 6.07) is 0. The molecule has 0 spiro atoms. The Morgan fingerprint density at radius 1 is 1.24 bits per heavy atom. The van der Waals surface area contributed by atoms with E-state index in [1.165, 1.54) is 0 Å². The normalized spacial score (nSPS) is 15.5. The first-order valence-corrected chi connectivity index (χ1v) is 6.46. The Kier molecular flexibility index (Phi) is 5.12. The van der Waals surface area contributed by atoms with Crippen LogP contribution >= 0.6 is 0 Å². The fourth-order valence-electron chi connectivity index (χ4n) is 1.76. The maximum Gasteiger partial charge on any atom is 0.138 e.